The summed E-state index contributed by atoms with van der Waals surface area (Å²) in [6, 6.07) is 3.67. The maximum Gasteiger partial charge on any atom is 0.129 e. The molecule has 4 nitrogen and oxygen atoms in total. The topological polar surface area (TPSA) is 54.4 Å². The summed E-state index contributed by atoms with van der Waals surface area (Å²) in [5.74, 6) is 0.741. The summed E-state index contributed by atoms with van der Waals surface area (Å²) in [4.78, 5) is 3.99. The van der Waals surface area contributed by atoms with E-state index in [1.807, 2.05) is 6.07 Å². The minimum atomic E-state index is -0.455. The van der Waals surface area contributed by atoms with Gasteiger partial charge in [-0.3, -0.25) is 0 Å². The first-order chi connectivity index (χ1) is 8.74. The molecule has 0 spiro atoms. The number of hydrogen-bond donors (Lipinski definition) is 2. The van der Waals surface area contributed by atoms with Gasteiger partial charge in [0, 0.05) is 25.9 Å². The lowest BCUT2D eigenvalue weighted by molar-refractivity contribution is 0.0324. The summed E-state index contributed by atoms with van der Waals surface area (Å²) in [7, 11) is 0. The highest BCUT2D eigenvalue weighted by Gasteiger charge is 2.21. The van der Waals surface area contributed by atoms with Gasteiger partial charge in [-0.15, -0.1) is 0 Å². The zero-order valence-electron chi connectivity index (χ0n) is 10.3. The van der Waals surface area contributed by atoms with Gasteiger partial charge in [-0.1, -0.05) is 17.7 Å². The number of aliphatic hydroxyl groups excluding tert-OH is 1. The molecular weight excluding hydrogens is 252 g/mol. The van der Waals surface area contributed by atoms with Gasteiger partial charge in [0.05, 0.1) is 12.7 Å². The van der Waals surface area contributed by atoms with E-state index in [0.717, 1.165) is 18.1 Å². The number of ether oxygens (including phenoxy) is 1. The van der Waals surface area contributed by atoms with Crippen molar-refractivity contribution >= 4 is 11.6 Å². The molecule has 0 radical (unpaired) electrons. The molecule has 5 heteroatoms. The Labute approximate surface area is 112 Å². The van der Waals surface area contributed by atoms with Crippen LogP contribution in [0.4, 0.5) is 0 Å². The molecular formula is C13H19ClN2O2. The Kier molecular flexibility index (Phi) is 5.38. The molecule has 18 heavy (non-hydrogen) atoms. The molecule has 0 amide bonds. The van der Waals surface area contributed by atoms with E-state index in [2.05, 4.69) is 10.3 Å². The van der Waals surface area contributed by atoms with E-state index in [0.29, 0.717) is 24.8 Å². The predicted molar refractivity (Wildman–Crippen MR) is 70.5 cm³/mol. The van der Waals surface area contributed by atoms with Gasteiger partial charge in [-0.05, 0) is 30.4 Å². The Morgan fingerprint density at radius 2 is 2.33 bits per heavy atom. The minimum absolute atomic E-state index is 0.405. The zero-order valence-corrected chi connectivity index (χ0v) is 11.1. The first-order valence-corrected chi connectivity index (χ1v) is 6.69. The van der Waals surface area contributed by atoms with Crippen molar-refractivity contribution in [3.8, 4) is 0 Å². The van der Waals surface area contributed by atoms with Crippen LogP contribution >= 0.6 is 11.6 Å². The number of aliphatic hydroxyl groups is 1. The highest BCUT2D eigenvalue weighted by molar-refractivity contribution is 6.29. The van der Waals surface area contributed by atoms with Crippen LogP contribution in [0, 0.1) is 5.92 Å². The molecule has 2 rings (SSSR count). The Bertz CT molecular complexity index is 355. The van der Waals surface area contributed by atoms with Gasteiger partial charge >= 0.3 is 0 Å². The second kappa shape index (κ2) is 7.04. The van der Waals surface area contributed by atoms with E-state index in [1.54, 1.807) is 12.3 Å². The quantitative estimate of drug-likeness (QED) is 0.705. The number of aromatic nitrogens is 1. The molecule has 1 aliphatic rings. The number of hydrogen-bond acceptors (Lipinski definition) is 4. The number of halogens is 1. The van der Waals surface area contributed by atoms with Gasteiger partial charge in [0.2, 0.25) is 0 Å². The van der Waals surface area contributed by atoms with Gasteiger partial charge < -0.3 is 15.2 Å². The maximum absolute atomic E-state index is 9.68. The summed E-state index contributed by atoms with van der Waals surface area (Å²) in [5.41, 5.74) is 1.05. The Balaban J connectivity index is 1.54. The van der Waals surface area contributed by atoms with Crippen LogP contribution in [0.1, 0.15) is 18.4 Å². The number of nitrogens with one attached hydrogen (secondary N) is 1. The normalized spacial score (nSPS) is 16.8. The fourth-order valence-corrected chi connectivity index (χ4v) is 1.72. The van der Waals surface area contributed by atoms with Crippen molar-refractivity contribution in [2.24, 2.45) is 5.92 Å². The van der Waals surface area contributed by atoms with Gasteiger partial charge in [0.15, 0.2) is 0 Å². The summed E-state index contributed by atoms with van der Waals surface area (Å²) < 4.78 is 5.42. The molecule has 1 aromatic rings. The summed E-state index contributed by atoms with van der Waals surface area (Å²) in [6.45, 7) is 2.39. The first-order valence-electron chi connectivity index (χ1n) is 6.31. The van der Waals surface area contributed by atoms with Crippen LogP contribution in [0.3, 0.4) is 0 Å². The van der Waals surface area contributed by atoms with Crippen LogP contribution in [-0.2, 0) is 11.3 Å². The molecule has 1 unspecified atom stereocenters. The molecule has 1 saturated carbocycles. The molecule has 1 aliphatic carbocycles. The van der Waals surface area contributed by atoms with E-state index >= 15 is 0 Å². The van der Waals surface area contributed by atoms with Crippen molar-refractivity contribution in [2.45, 2.75) is 25.5 Å². The molecule has 1 heterocycles. The van der Waals surface area contributed by atoms with Gasteiger partial charge in [-0.25, -0.2) is 4.98 Å². The van der Waals surface area contributed by atoms with Gasteiger partial charge in [0.1, 0.15) is 5.15 Å². The lowest BCUT2D eigenvalue weighted by Crippen LogP contribution is -2.30. The van der Waals surface area contributed by atoms with Crippen molar-refractivity contribution in [1.82, 2.24) is 10.3 Å². The fraction of sp³-hybridized carbons (Fsp3) is 0.615. The van der Waals surface area contributed by atoms with E-state index in [-0.39, 0.29) is 0 Å². The molecule has 1 aromatic heterocycles. The summed E-state index contributed by atoms with van der Waals surface area (Å²) in [6.07, 6.45) is 3.82. The molecule has 0 bridgehead atoms. The minimum Gasteiger partial charge on any atom is -0.389 e. The molecule has 0 saturated heterocycles. The highest BCUT2D eigenvalue weighted by Crippen LogP contribution is 2.28. The van der Waals surface area contributed by atoms with Crippen LogP contribution in [0.5, 0.6) is 0 Å². The van der Waals surface area contributed by atoms with Crippen molar-refractivity contribution < 1.29 is 9.84 Å². The number of nitrogens with zero attached hydrogens (tertiary/aromatic N) is 1. The second-order valence-corrected chi connectivity index (χ2v) is 5.14. The fourth-order valence-electron chi connectivity index (χ4n) is 1.61. The summed E-state index contributed by atoms with van der Waals surface area (Å²) >= 11 is 5.70. The van der Waals surface area contributed by atoms with Crippen LogP contribution < -0.4 is 5.32 Å². The number of pyridine rings is 1. The van der Waals surface area contributed by atoms with Gasteiger partial charge in [-0.2, -0.15) is 0 Å². The van der Waals surface area contributed by atoms with Crippen molar-refractivity contribution in [3.63, 3.8) is 0 Å². The third kappa shape index (κ3) is 5.31. The highest BCUT2D eigenvalue weighted by atomic mass is 35.5. The van der Waals surface area contributed by atoms with Gasteiger partial charge in [0.25, 0.3) is 0 Å². The SMILES string of the molecule is OC(CNCc1ccc(Cl)nc1)COCC1CC1. The standard InChI is InChI=1S/C13H19ClN2O2/c14-13-4-3-11(6-16-13)5-15-7-12(17)9-18-8-10-1-2-10/h3-4,6,10,12,15,17H,1-2,5,7-9H2. The monoisotopic (exact) mass is 270 g/mol. The Morgan fingerprint density at radius 3 is 3.00 bits per heavy atom. The molecule has 0 aromatic carbocycles. The van der Waals surface area contributed by atoms with Crippen LogP contribution in [0.15, 0.2) is 18.3 Å². The maximum atomic E-state index is 9.68. The van der Waals surface area contributed by atoms with E-state index < -0.39 is 6.10 Å². The molecule has 1 fully saturated rings. The van der Waals surface area contributed by atoms with E-state index in [1.165, 1.54) is 12.8 Å². The zero-order chi connectivity index (χ0) is 12.8. The molecule has 100 valence electrons. The van der Waals surface area contributed by atoms with E-state index in [4.69, 9.17) is 16.3 Å². The lowest BCUT2D eigenvalue weighted by atomic mass is 10.3. The van der Waals surface area contributed by atoms with Crippen LogP contribution in [0.2, 0.25) is 5.15 Å². The van der Waals surface area contributed by atoms with E-state index in [9.17, 15) is 5.11 Å². The Hall–Kier alpha value is -0.680. The lowest BCUT2D eigenvalue weighted by Gasteiger charge is -2.12. The second-order valence-electron chi connectivity index (χ2n) is 4.75. The molecule has 0 aliphatic heterocycles. The average Bonchev–Trinajstić information content (AvgIpc) is 3.16. The van der Waals surface area contributed by atoms with Crippen LogP contribution in [-0.4, -0.2) is 36.0 Å². The third-order valence-corrected chi connectivity index (χ3v) is 3.08. The Morgan fingerprint density at radius 1 is 1.50 bits per heavy atom. The molecule has 1 atom stereocenters. The average molecular weight is 271 g/mol. The van der Waals surface area contributed by atoms with Crippen molar-refractivity contribution in [2.75, 3.05) is 19.8 Å². The largest absolute Gasteiger partial charge is 0.389 e. The summed E-state index contributed by atoms with van der Waals surface area (Å²) in [5, 5.41) is 13.3. The molecule has 2 N–H and O–H groups in total. The van der Waals surface area contributed by atoms with Crippen LogP contribution in [0.25, 0.3) is 0 Å². The van der Waals surface area contributed by atoms with Crippen molar-refractivity contribution in [1.29, 1.82) is 0 Å². The number of rotatable bonds is 8. The first kappa shape index (κ1) is 13.7. The smallest absolute Gasteiger partial charge is 0.129 e. The van der Waals surface area contributed by atoms with Crippen molar-refractivity contribution in [3.05, 3.63) is 29.0 Å². The predicted octanol–water partition coefficient (Wildman–Crippen LogP) is 1.61. The third-order valence-electron chi connectivity index (χ3n) is 2.86.